The van der Waals surface area contributed by atoms with Crippen LogP contribution in [0.2, 0.25) is 0 Å². The summed E-state index contributed by atoms with van der Waals surface area (Å²) in [5.74, 6) is 0. The van der Waals surface area contributed by atoms with Crippen LogP contribution in [0.1, 0.15) is 5.56 Å². The molecule has 0 saturated carbocycles. The average molecular weight is 234 g/mol. The topological polar surface area (TPSA) is 9.23 Å². The lowest BCUT2D eigenvalue weighted by molar-refractivity contribution is 0.341. The van der Waals surface area contributed by atoms with E-state index in [0.29, 0.717) is 0 Å². The Bertz CT molecular complexity index is 672. The van der Waals surface area contributed by atoms with Crippen LogP contribution >= 0.6 is 0 Å². The lowest BCUT2D eigenvalue weighted by Gasteiger charge is -2.08. The highest BCUT2D eigenvalue weighted by atomic mass is 16.5. The smallest absolute Gasteiger partial charge is 0.0831 e. The molecule has 3 rings (SSSR count). The molecule has 0 amide bonds. The zero-order valence-electron chi connectivity index (χ0n) is 10.3. The summed E-state index contributed by atoms with van der Waals surface area (Å²) >= 11 is 0. The standard InChI is InChI=1S/C17H14O/c1-18-11-10-17-15-8-4-2-6-13(15)12-14-7-3-5-9-16(14)17/h2-12H,1H3/b11-10-. The fourth-order valence-electron chi connectivity index (χ4n) is 2.36. The van der Waals surface area contributed by atoms with E-state index in [-0.39, 0.29) is 0 Å². The molecular weight excluding hydrogens is 220 g/mol. The van der Waals surface area contributed by atoms with E-state index in [1.807, 2.05) is 6.08 Å². The van der Waals surface area contributed by atoms with Gasteiger partial charge in [0.1, 0.15) is 0 Å². The molecule has 0 bridgehead atoms. The summed E-state index contributed by atoms with van der Waals surface area (Å²) in [6.45, 7) is 0. The lowest BCUT2D eigenvalue weighted by atomic mass is 9.97. The van der Waals surface area contributed by atoms with Crippen LogP contribution in [0.3, 0.4) is 0 Å². The Morgan fingerprint density at radius 2 is 1.39 bits per heavy atom. The van der Waals surface area contributed by atoms with E-state index in [9.17, 15) is 0 Å². The number of methoxy groups -OCH3 is 1. The SMILES string of the molecule is CO/C=C\c1c2ccccc2cc2ccccc12. The second-order valence-electron chi connectivity index (χ2n) is 4.27. The van der Waals surface area contributed by atoms with Gasteiger partial charge in [-0.2, -0.15) is 0 Å². The van der Waals surface area contributed by atoms with Gasteiger partial charge in [-0.3, -0.25) is 0 Å². The average Bonchev–Trinajstić information content (AvgIpc) is 2.43. The molecule has 1 heteroatoms. The molecule has 0 saturated heterocycles. The second-order valence-corrected chi connectivity index (χ2v) is 4.27. The van der Waals surface area contributed by atoms with E-state index >= 15 is 0 Å². The van der Waals surface area contributed by atoms with Gasteiger partial charge >= 0.3 is 0 Å². The van der Waals surface area contributed by atoms with Crippen molar-refractivity contribution in [3.63, 3.8) is 0 Å². The third-order valence-corrected chi connectivity index (χ3v) is 3.18. The zero-order chi connectivity index (χ0) is 12.4. The van der Waals surface area contributed by atoms with Crippen LogP contribution in [-0.4, -0.2) is 7.11 Å². The molecule has 0 heterocycles. The van der Waals surface area contributed by atoms with Crippen molar-refractivity contribution in [3.05, 3.63) is 66.4 Å². The maximum Gasteiger partial charge on any atom is 0.0831 e. The van der Waals surface area contributed by atoms with Crippen LogP contribution in [-0.2, 0) is 4.74 Å². The van der Waals surface area contributed by atoms with Gasteiger partial charge in [0.05, 0.1) is 13.4 Å². The van der Waals surface area contributed by atoms with E-state index in [1.54, 1.807) is 13.4 Å². The van der Waals surface area contributed by atoms with Crippen molar-refractivity contribution in [1.82, 2.24) is 0 Å². The minimum absolute atomic E-state index is 1.21. The van der Waals surface area contributed by atoms with Gasteiger partial charge in [-0.25, -0.2) is 0 Å². The number of hydrogen-bond acceptors (Lipinski definition) is 1. The molecule has 0 aromatic heterocycles. The van der Waals surface area contributed by atoms with Gasteiger partial charge in [-0.1, -0.05) is 48.5 Å². The highest BCUT2D eigenvalue weighted by Crippen LogP contribution is 2.29. The maximum absolute atomic E-state index is 5.06. The van der Waals surface area contributed by atoms with Gasteiger partial charge < -0.3 is 4.74 Å². The van der Waals surface area contributed by atoms with E-state index in [2.05, 4.69) is 54.6 Å². The van der Waals surface area contributed by atoms with Crippen molar-refractivity contribution in [1.29, 1.82) is 0 Å². The number of hydrogen-bond donors (Lipinski definition) is 0. The van der Waals surface area contributed by atoms with Crippen molar-refractivity contribution < 1.29 is 4.74 Å². The Hall–Kier alpha value is -2.28. The molecule has 3 aromatic rings. The van der Waals surface area contributed by atoms with E-state index in [1.165, 1.54) is 27.1 Å². The van der Waals surface area contributed by atoms with Gasteiger partial charge in [0.2, 0.25) is 0 Å². The first-order chi connectivity index (χ1) is 8.90. The molecule has 0 aliphatic rings. The highest BCUT2D eigenvalue weighted by Gasteiger charge is 2.04. The van der Waals surface area contributed by atoms with Crippen molar-refractivity contribution in [2.24, 2.45) is 0 Å². The lowest BCUT2D eigenvalue weighted by Crippen LogP contribution is -1.83. The molecule has 3 aromatic carbocycles. The summed E-state index contributed by atoms with van der Waals surface area (Å²) < 4.78 is 5.06. The third-order valence-electron chi connectivity index (χ3n) is 3.18. The molecule has 0 aliphatic heterocycles. The van der Waals surface area contributed by atoms with Gasteiger partial charge in [0.15, 0.2) is 0 Å². The summed E-state index contributed by atoms with van der Waals surface area (Å²) in [6.07, 6.45) is 3.76. The molecule has 0 spiro atoms. The van der Waals surface area contributed by atoms with Gasteiger partial charge in [0, 0.05) is 0 Å². The Morgan fingerprint density at radius 1 is 0.833 bits per heavy atom. The predicted molar refractivity (Wildman–Crippen MR) is 77.5 cm³/mol. The van der Waals surface area contributed by atoms with Crippen molar-refractivity contribution in [2.45, 2.75) is 0 Å². The number of fused-ring (bicyclic) bond motifs is 2. The monoisotopic (exact) mass is 234 g/mol. The quantitative estimate of drug-likeness (QED) is 0.464. The molecule has 0 N–H and O–H groups in total. The van der Waals surface area contributed by atoms with Crippen molar-refractivity contribution >= 4 is 27.6 Å². The zero-order valence-corrected chi connectivity index (χ0v) is 10.3. The van der Waals surface area contributed by atoms with E-state index < -0.39 is 0 Å². The molecule has 0 aliphatic carbocycles. The van der Waals surface area contributed by atoms with Crippen LogP contribution in [0, 0.1) is 0 Å². The molecule has 0 atom stereocenters. The Morgan fingerprint density at radius 3 is 1.94 bits per heavy atom. The van der Waals surface area contributed by atoms with Crippen LogP contribution < -0.4 is 0 Å². The van der Waals surface area contributed by atoms with Crippen LogP contribution in [0.15, 0.2) is 60.9 Å². The minimum Gasteiger partial charge on any atom is -0.504 e. The van der Waals surface area contributed by atoms with Crippen LogP contribution in [0.5, 0.6) is 0 Å². The Balaban J connectivity index is 2.45. The fourth-order valence-corrected chi connectivity index (χ4v) is 2.36. The number of ether oxygens (including phenoxy) is 1. The van der Waals surface area contributed by atoms with E-state index in [4.69, 9.17) is 4.74 Å². The molecule has 0 unspecified atom stereocenters. The third kappa shape index (κ3) is 1.74. The summed E-state index contributed by atoms with van der Waals surface area (Å²) in [5, 5.41) is 5.02. The highest BCUT2D eigenvalue weighted by molar-refractivity contribution is 6.06. The Labute approximate surface area is 106 Å². The largest absolute Gasteiger partial charge is 0.504 e. The molecule has 88 valence electrons. The van der Waals surface area contributed by atoms with Crippen LogP contribution in [0.25, 0.3) is 27.6 Å². The van der Waals surface area contributed by atoms with Gasteiger partial charge in [-0.05, 0) is 39.3 Å². The summed E-state index contributed by atoms with van der Waals surface area (Å²) in [7, 11) is 1.67. The molecule has 1 nitrogen and oxygen atoms in total. The maximum atomic E-state index is 5.06. The van der Waals surface area contributed by atoms with Crippen LogP contribution in [0.4, 0.5) is 0 Å². The van der Waals surface area contributed by atoms with E-state index in [0.717, 1.165) is 0 Å². The summed E-state index contributed by atoms with van der Waals surface area (Å²) in [6, 6.07) is 19.1. The first-order valence-corrected chi connectivity index (χ1v) is 6.00. The second kappa shape index (κ2) is 4.53. The first-order valence-electron chi connectivity index (χ1n) is 6.00. The summed E-state index contributed by atoms with van der Waals surface area (Å²) in [5.41, 5.74) is 1.21. The molecule has 18 heavy (non-hydrogen) atoms. The van der Waals surface area contributed by atoms with Crippen molar-refractivity contribution in [3.8, 4) is 0 Å². The fraction of sp³-hybridized carbons (Fsp3) is 0.0588. The normalized spacial score (nSPS) is 11.4. The summed E-state index contributed by atoms with van der Waals surface area (Å²) in [4.78, 5) is 0. The van der Waals surface area contributed by atoms with Gasteiger partial charge in [0.25, 0.3) is 0 Å². The predicted octanol–water partition coefficient (Wildman–Crippen LogP) is 4.61. The molecular formula is C17H14O. The minimum atomic E-state index is 1.21. The van der Waals surface area contributed by atoms with Crippen molar-refractivity contribution in [2.75, 3.05) is 7.11 Å². The molecule has 0 radical (unpaired) electrons. The Kier molecular flexibility index (Phi) is 2.73. The van der Waals surface area contributed by atoms with Gasteiger partial charge in [-0.15, -0.1) is 0 Å². The number of rotatable bonds is 2. The number of benzene rings is 3. The molecule has 0 fully saturated rings. The first kappa shape index (κ1) is 10.8.